The third-order valence-corrected chi connectivity index (χ3v) is 4.33. The van der Waals surface area contributed by atoms with E-state index >= 15 is 0 Å². The molecule has 1 heterocycles. The highest BCUT2D eigenvalue weighted by Gasteiger charge is 2.28. The van der Waals surface area contributed by atoms with Gasteiger partial charge < -0.3 is 4.90 Å². The quantitative estimate of drug-likeness (QED) is 0.493. The lowest BCUT2D eigenvalue weighted by Gasteiger charge is -2.26. The van der Waals surface area contributed by atoms with Crippen molar-refractivity contribution in [2.75, 3.05) is 7.05 Å². The third kappa shape index (κ3) is 3.77. The molecule has 3 aromatic rings. The Morgan fingerprint density at radius 1 is 1.26 bits per heavy atom. The van der Waals surface area contributed by atoms with Crippen molar-refractivity contribution in [1.82, 2.24) is 25.1 Å². The Labute approximate surface area is 159 Å². The van der Waals surface area contributed by atoms with Gasteiger partial charge in [0.1, 0.15) is 6.04 Å². The molecule has 0 radical (unpaired) electrons. The Morgan fingerprint density at radius 2 is 1.96 bits per heavy atom. The maximum absolute atomic E-state index is 12.0. The Morgan fingerprint density at radius 3 is 2.56 bits per heavy atom. The molecule has 0 aliphatic carbocycles. The van der Waals surface area contributed by atoms with Gasteiger partial charge in [-0.25, -0.2) is 0 Å². The van der Waals surface area contributed by atoms with Gasteiger partial charge in [-0.3, -0.25) is 14.9 Å². The van der Waals surface area contributed by atoms with Gasteiger partial charge in [0.25, 0.3) is 5.69 Å². The number of aromatic nitrogens is 4. The average molecular weight is 387 g/mol. The van der Waals surface area contributed by atoms with E-state index in [-0.39, 0.29) is 11.6 Å². The van der Waals surface area contributed by atoms with E-state index in [0.29, 0.717) is 22.1 Å². The van der Waals surface area contributed by atoms with E-state index < -0.39 is 11.0 Å². The summed E-state index contributed by atoms with van der Waals surface area (Å²) in [6.45, 7) is 1.42. The molecule has 9 nitrogen and oxygen atoms in total. The fraction of sp³-hybridized carbons (Fsp3) is 0.176. The summed E-state index contributed by atoms with van der Waals surface area (Å²) in [5, 5.41) is 23.3. The van der Waals surface area contributed by atoms with Crippen LogP contribution in [-0.2, 0) is 4.79 Å². The normalized spacial score (nSPS) is 11.8. The lowest BCUT2D eigenvalue weighted by atomic mass is 10.0. The second-order valence-corrected chi connectivity index (χ2v) is 6.25. The van der Waals surface area contributed by atoms with Crippen LogP contribution < -0.4 is 0 Å². The van der Waals surface area contributed by atoms with Gasteiger partial charge in [-0.15, -0.1) is 5.10 Å². The first-order valence-electron chi connectivity index (χ1n) is 7.90. The van der Waals surface area contributed by atoms with Gasteiger partial charge in [0, 0.05) is 31.1 Å². The highest BCUT2D eigenvalue weighted by atomic mass is 35.5. The Hall–Kier alpha value is -3.33. The zero-order chi connectivity index (χ0) is 19.6. The summed E-state index contributed by atoms with van der Waals surface area (Å²) in [7, 11) is 1.62. The van der Waals surface area contributed by atoms with Gasteiger partial charge in [-0.05, 0) is 46.3 Å². The molecular weight excluding hydrogens is 372 g/mol. The van der Waals surface area contributed by atoms with Gasteiger partial charge in [0.15, 0.2) is 5.82 Å². The van der Waals surface area contributed by atoms with Crippen LogP contribution in [0.15, 0.2) is 48.5 Å². The van der Waals surface area contributed by atoms with Crippen molar-refractivity contribution in [1.29, 1.82) is 0 Å². The van der Waals surface area contributed by atoms with Crippen molar-refractivity contribution in [3.05, 3.63) is 75.1 Å². The molecule has 1 aromatic heterocycles. The maximum atomic E-state index is 12.0. The first-order chi connectivity index (χ1) is 12.9. The lowest BCUT2D eigenvalue weighted by Crippen LogP contribution is -2.32. The summed E-state index contributed by atoms with van der Waals surface area (Å²) in [5.74, 6) is 0.169. The smallest absolute Gasteiger partial charge is 0.269 e. The molecule has 0 aliphatic rings. The van der Waals surface area contributed by atoms with Crippen molar-refractivity contribution >= 4 is 23.2 Å². The molecule has 3 rings (SSSR count). The van der Waals surface area contributed by atoms with Crippen molar-refractivity contribution < 1.29 is 9.72 Å². The van der Waals surface area contributed by atoms with Crippen molar-refractivity contribution in [2.45, 2.75) is 13.0 Å². The molecule has 2 aromatic carbocycles. The second-order valence-electron chi connectivity index (χ2n) is 5.81. The second kappa shape index (κ2) is 7.50. The van der Waals surface area contributed by atoms with Crippen molar-refractivity contribution in [2.24, 2.45) is 0 Å². The maximum Gasteiger partial charge on any atom is 0.269 e. The fourth-order valence-corrected chi connectivity index (χ4v) is 2.85. The standard InChI is InChI=1S/C17H15ClN6O3/c1-11(25)22(2)16(12-6-8-14(9-7-12)24(26)27)17-19-20-21-23(17)15-5-3-4-13(18)10-15/h3-10,16H,1-2H3/t16-/m0/s1. The van der Waals surface area contributed by atoms with Crippen LogP contribution >= 0.6 is 11.6 Å². The van der Waals surface area contributed by atoms with Crippen molar-refractivity contribution in [3.63, 3.8) is 0 Å². The van der Waals surface area contributed by atoms with Gasteiger partial charge >= 0.3 is 0 Å². The van der Waals surface area contributed by atoms with E-state index in [2.05, 4.69) is 15.5 Å². The number of halogens is 1. The van der Waals surface area contributed by atoms with Crippen LogP contribution in [0.25, 0.3) is 5.69 Å². The van der Waals surface area contributed by atoms with E-state index in [0.717, 1.165) is 0 Å². The number of nitro groups is 1. The van der Waals surface area contributed by atoms with Crippen LogP contribution in [0.3, 0.4) is 0 Å². The molecule has 1 amide bonds. The zero-order valence-corrected chi connectivity index (χ0v) is 15.2. The molecule has 0 fully saturated rings. The summed E-state index contributed by atoms with van der Waals surface area (Å²) in [6.07, 6.45) is 0. The minimum absolute atomic E-state index is 0.0441. The monoisotopic (exact) mass is 386 g/mol. The number of carbonyl (C=O) groups is 1. The molecule has 0 aliphatic heterocycles. The van der Waals surface area contributed by atoms with Gasteiger partial charge in [0.2, 0.25) is 5.91 Å². The molecule has 0 saturated heterocycles. The highest BCUT2D eigenvalue weighted by molar-refractivity contribution is 6.30. The molecule has 0 spiro atoms. The highest BCUT2D eigenvalue weighted by Crippen LogP contribution is 2.29. The van der Waals surface area contributed by atoms with Crippen molar-refractivity contribution in [3.8, 4) is 5.69 Å². The van der Waals surface area contributed by atoms with Crippen LogP contribution in [0.5, 0.6) is 0 Å². The van der Waals surface area contributed by atoms with E-state index in [1.54, 1.807) is 43.4 Å². The Bertz CT molecular complexity index is 988. The summed E-state index contributed by atoms with van der Waals surface area (Å²) >= 11 is 6.06. The predicted octanol–water partition coefficient (Wildman–Crippen LogP) is 2.79. The third-order valence-electron chi connectivity index (χ3n) is 4.09. The Kier molecular flexibility index (Phi) is 5.13. The molecular formula is C17H15ClN6O3. The molecule has 0 N–H and O–H groups in total. The minimum Gasteiger partial charge on any atom is -0.332 e. The molecule has 0 unspecified atom stereocenters. The zero-order valence-electron chi connectivity index (χ0n) is 14.5. The van der Waals surface area contributed by atoms with Crippen LogP contribution in [0, 0.1) is 10.1 Å². The van der Waals surface area contributed by atoms with Crippen LogP contribution in [0.1, 0.15) is 24.4 Å². The topological polar surface area (TPSA) is 107 Å². The number of hydrogen-bond donors (Lipinski definition) is 0. The van der Waals surface area contributed by atoms with Crippen LogP contribution in [0.2, 0.25) is 5.02 Å². The number of hydrogen-bond acceptors (Lipinski definition) is 6. The molecule has 10 heteroatoms. The summed E-state index contributed by atoms with van der Waals surface area (Å²) in [5.41, 5.74) is 1.22. The number of benzene rings is 2. The van der Waals surface area contributed by atoms with Gasteiger partial charge in [-0.1, -0.05) is 17.7 Å². The first-order valence-corrected chi connectivity index (χ1v) is 8.28. The molecule has 1 atom stereocenters. The summed E-state index contributed by atoms with van der Waals surface area (Å²) in [4.78, 5) is 23.9. The van der Waals surface area contributed by atoms with E-state index in [4.69, 9.17) is 11.6 Å². The molecule has 0 saturated carbocycles. The molecule has 138 valence electrons. The van der Waals surface area contributed by atoms with Crippen LogP contribution in [0.4, 0.5) is 5.69 Å². The van der Waals surface area contributed by atoms with E-state index in [9.17, 15) is 14.9 Å². The first kappa shape index (κ1) is 18.5. The average Bonchev–Trinajstić information content (AvgIpc) is 3.11. The molecule has 27 heavy (non-hydrogen) atoms. The number of rotatable bonds is 5. The van der Waals surface area contributed by atoms with Gasteiger partial charge in [0.05, 0.1) is 10.6 Å². The number of non-ortho nitro benzene ring substituents is 1. The largest absolute Gasteiger partial charge is 0.332 e. The summed E-state index contributed by atoms with van der Waals surface area (Å²) in [6, 6.07) is 12.3. The number of nitro benzene ring substituents is 1. The number of tetrazole rings is 1. The van der Waals surface area contributed by atoms with E-state index in [1.165, 1.54) is 28.6 Å². The summed E-state index contributed by atoms with van der Waals surface area (Å²) < 4.78 is 1.48. The lowest BCUT2D eigenvalue weighted by molar-refractivity contribution is -0.384. The minimum atomic E-state index is -0.641. The number of carbonyl (C=O) groups excluding carboxylic acids is 1. The number of nitrogens with zero attached hydrogens (tertiary/aromatic N) is 6. The van der Waals surface area contributed by atoms with E-state index in [1.807, 2.05) is 0 Å². The fourth-order valence-electron chi connectivity index (χ4n) is 2.66. The van der Waals surface area contributed by atoms with Gasteiger partial charge in [-0.2, -0.15) is 4.68 Å². The predicted molar refractivity (Wildman–Crippen MR) is 97.5 cm³/mol. The number of amides is 1. The van der Waals surface area contributed by atoms with Crippen LogP contribution in [-0.4, -0.2) is 43.0 Å². The Balaban J connectivity index is 2.12. The SMILES string of the molecule is CC(=O)N(C)[C@@H](c1ccc([N+](=O)[O-])cc1)c1nnnn1-c1cccc(Cl)c1. The molecule has 0 bridgehead atoms.